The van der Waals surface area contributed by atoms with Gasteiger partial charge in [0.15, 0.2) is 3.79 Å². The van der Waals surface area contributed by atoms with Crippen molar-refractivity contribution < 1.29 is 0 Å². The van der Waals surface area contributed by atoms with Crippen molar-refractivity contribution in [2.75, 3.05) is 0 Å². The largest absolute Gasteiger partial charge is 0.193 e. The third kappa shape index (κ3) is 8.03. The molecule has 0 nitrogen and oxygen atoms in total. The molecule has 0 aromatic carbocycles. The lowest BCUT2D eigenvalue weighted by molar-refractivity contribution is 0.350. The van der Waals surface area contributed by atoms with Gasteiger partial charge in [0.25, 0.3) is 0 Å². The van der Waals surface area contributed by atoms with Gasteiger partial charge in [-0.05, 0) is 12.3 Å². The van der Waals surface area contributed by atoms with E-state index in [1.54, 1.807) is 0 Å². The van der Waals surface area contributed by atoms with Gasteiger partial charge in [0.1, 0.15) is 0 Å². The predicted molar refractivity (Wildman–Crippen MR) is 76.6 cm³/mol. The number of alkyl halides is 3. The summed E-state index contributed by atoms with van der Waals surface area (Å²) < 4.78 is -1.10. The summed E-state index contributed by atoms with van der Waals surface area (Å²) in [5.41, 5.74) is 0. The zero-order valence-corrected chi connectivity index (χ0v) is 13.0. The molecule has 0 aliphatic rings. The Morgan fingerprint density at radius 3 is 1.81 bits per heavy atom. The van der Waals surface area contributed by atoms with E-state index in [1.807, 2.05) is 0 Å². The highest BCUT2D eigenvalue weighted by Crippen LogP contribution is 2.42. The lowest BCUT2D eigenvalue weighted by Gasteiger charge is -2.27. The van der Waals surface area contributed by atoms with Gasteiger partial charge in [-0.3, -0.25) is 0 Å². The molecule has 0 spiro atoms. The summed E-state index contributed by atoms with van der Waals surface area (Å²) in [6.07, 6.45) is 8.78. The lowest BCUT2D eigenvalue weighted by atomic mass is 9.91. The maximum Gasteiger partial charge on any atom is 0.193 e. The summed E-state index contributed by atoms with van der Waals surface area (Å²) in [5.74, 6) is 0.617. The molecule has 98 valence electrons. The molecule has 0 N–H and O–H groups in total. The van der Waals surface area contributed by atoms with Crippen molar-refractivity contribution in [2.45, 2.75) is 69.5 Å². The van der Waals surface area contributed by atoms with Gasteiger partial charge in [-0.1, -0.05) is 94.1 Å². The molecule has 0 aromatic rings. The Morgan fingerprint density at radius 2 is 1.38 bits per heavy atom. The number of hydrogen-bond donors (Lipinski definition) is 0. The number of unbranched alkanes of at least 4 members (excludes halogenated alkanes) is 5. The van der Waals surface area contributed by atoms with Gasteiger partial charge in [0.2, 0.25) is 0 Å². The molecule has 0 aliphatic carbocycles. The Morgan fingerprint density at radius 1 is 0.875 bits per heavy atom. The molecule has 3 heteroatoms. The van der Waals surface area contributed by atoms with Gasteiger partial charge in [0, 0.05) is 5.92 Å². The van der Waals surface area contributed by atoms with Crippen molar-refractivity contribution in [3.63, 3.8) is 0 Å². The molecule has 1 atom stereocenters. The van der Waals surface area contributed by atoms with Crippen LogP contribution >= 0.6 is 34.8 Å². The van der Waals surface area contributed by atoms with Crippen LogP contribution in [0.25, 0.3) is 0 Å². The Labute approximate surface area is 116 Å². The molecule has 1 unspecified atom stereocenters. The third-order valence-corrected chi connectivity index (χ3v) is 3.93. The van der Waals surface area contributed by atoms with Crippen molar-refractivity contribution in [1.82, 2.24) is 0 Å². The molecule has 0 aromatic heterocycles. The van der Waals surface area contributed by atoms with Gasteiger partial charge in [0.05, 0.1) is 0 Å². The van der Waals surface area contributed by atoms with Crippen LogP contribution in [-0.4, -0.2) is 3.79 Å². The first kappa shape index (κ1) is 16.9. The van der Waals surface area contributed by atoms with Crippen LogP contribution in [0.5, 0.6) is 0 Å². The van der Waals surface area contributed by atoms with Crippen LogP contribution in [0.4, 0.5) is 0 Å². The van der Waals surface area contributed by atoms with Crippen molar-refractivity contribution in [2.24, 2.45) is 11.8 Å². The Hall–Kier alpha value is 0.870. The summed E-state index contributed by atoms with van der Waals surface area (Å²) in [6.45, 7) is 6.49. The molecule has 0 heterocycles. The Kier molecular flexibility index (Phi) is 9.37. The Balaban J connectivity index is 3.70. The molecule has 16 heavy (non-hydrogen) atoms. The lowest BCUT2D eigenvalue weighted by Crippen LogP contribution is -2.24. The van der Waals surface area contributed by atoms with Crippen LogP contribution in [0.15, 0.2) is 0 Å². The molecule has 0 saturated carbocycles. The summed E-state index contributed by atoms with van der Waals surface area (Å²) in [4.78, 5) is 0. The van der Waals surface area contributed by atoms with E-state index >= 15 is 0 Å². The quantitative estimate of drug-likeness (QED) is 0.359. The van der Waals surface area contributed by atoms with E-state index in [1.165, 1.54) is 38.5 Å². The van der Waals surface area contributed by atoms with Gasteiger partial charge < -0.3 is 0 Å². The van der Waals surface area contributed by atoms with Crippen molar-refractivity contribution in [1.29, 1.82) is 0 Å². The predicted octanol–water partition coefficient (Wildman–Crippen LogP) is 6.38. The second kappa shape index (κ2) is 8.89. The molecule has 0 bridgehead atoms. The van der Waals surface area contributed by atoms with Crippen LogP contribution in [0.1, 0.15) is 65.7 Å². The van der Waals surface area contributed by atoms with Crippen molar-refractivity contribution >= 4 is 34.8 Å². The molecule has 0 radical (unpaired) electrons. The maximum atomic E-state index is 5.99. The van der Waals surface area contributed by atoms with Crippen LogP contribution in [0.3, 0.4) is 0 Å². The standard InChI is InChI=1S/C13H25Cl3/c1-4-5-6-7-8-9-10-12(11(2)3)13(14,15)16/h11-12H,4-10H2,1-3H3. The van der Waals surface area contributed by atoms with E-state index in [0.29, 0.717) is 5.92 Å². The number of rotatable bonds is 8. The highest BCUT2D eigenvalue weighted by atomic mass is 35.6. The average molecular weight is 288 g/mol. The van der Waals surface area contributed by atoms with Crippen molar-refractivity contribution in [3.8, 4) is 0 Å². The molecule has 0 aliphatic heterocycles. The maximum absolute atomic E-state index is 5.99. The van der Waals surface area contributed by atoms with E-state index in [4.69, 9.17) is 34.8 Å². The van der Waals surface area contributed by atoms with Gasteiger partial charge in [-0.2, -0.15) is 0 Å². The summed E-state index contributed by atoms with van der Waals surface area (Å²) in [6, 6.07) is 0. The fourth-order valence-corrected chi connectivity index (χ4v) is 3.10. The van der Waals surface area contributed by atoms with Crippen LogP contribution in [0, 0.1) is 11.8 Å². The highest BCUT2D eigenvalue weighted by Gasteiger charge is 2.33. The van der Waals surface area contributed by atoms with Gasteiger partial charge in [-0.15, -0.1) is 0 Å². The summed E-state index contributed by atoms with van der Waals surface area (Å²) >= 11 is 18.0. The van der Waals surface area contributed by atoms with Crippen LogP contribution in [0.2, 0.25) is 0 Å². The fraction of sp³-hybridized carbons (Fsp3) is 1.00. The minimum Gasteiger partial charge on any atom is -0.0834 e. The first-order valence-corrected chi connectivity index (χ1v) is 7.59. The first-order valence-electron chi connectivity index (χ1n) is 6.46. The summed E-state index contributed by atoms with van der Waals surface area (Å²) in [7, 11) is 0. The van der Waals surface area contributed by atoms with E-state index in [-0.39, 0.29) is 5.92 Å². The molecule has 0 fully saturated rings. The van der Waals surface area contributed by atoms with E-state index in [2.05, 4.69) is 20.8 Å². The first-order chi connectivity index (χ1) is 7.39. The molecular formula is C13H25Cl3. The number of halogens is 3. The normalized spacial score (nSPS) is 14.4. The zero-order valence-electron chi connectivity index (χ0n) is 10.7. The Bertz CT molecular complexity index is 161. The molecule has 0 rings (SSSR count). The number of hydrogen-bond acceptors (Lipinski definition) is 0. The van der Waals surface area contributed by atoms with Gasteiger partial charge >= 0.3 is 0 Å². The van der Waals surface area contributed by atoms with Crippen LogP contribution < -0.4 is 0 Å². The monoisotopic (exact) mass is 286 g/mol. The third-order valence-electron chi connectivity index (χ3n) is 3.09. The second-order valence-corrected chi connectivity index (χ2v) is 7.32. The minimum atomic E-state index is -1.10. The second-order valence-electron chi connectivity index (χ2n) is 4.95. The SMILES string of the molecule is CCCCCCCCC(C(C)C)C(Cl)(Cl)Cl. The van der Waals surface area contributed by atoms with Gasteiger partial charge in [-0.25, -0.2) is 0 Å². The molecule has 0 amide bonds. The summed E-state index contributed by atoms with van der Waals surface area (Å²) in [5, 5.41) is 0. The van der Waals surface area contributed by atoms with E-state index in [0.717, 1.165) is 6.42 Å². The zero-order chi connectivity index (χ0) is 12.6. The smallest absolute Gasteiger partial charge is 0.0834 e. The molecule has 0 saturated heterocycles. The highest BCUT2D eigenvalue weighted by molar-refractivity contribution is 6.67. The topological polar surface area (TPSA) is 0 Å². The van der Waals surface area contributed by atoms with Crippen molar-refractivity contribution in [3.05, 3.63) is 0 Å². The van der Waals surface area contributed by atoms with E-state index < -0.39 is 3.79 Å². The van der Waals surface area contributed by atoms with E-state index in [9.17, 15) is 0 Å². The average Bonchev–Trinajstić information content (AvgIpc) is 2.13. The minimum absolute atomic E-state index is 0.184. The van der Waals surface area contributed by atoms with Crippen LogP contribution in [-0.2, 0) is 0 Å². The fourth-order valence-electron chi connectivity index (χ4n) is 2.02. The molecular weight excluding hydrogens is 263 g/mol.